The molecule has 13 heavy (non-hydrogen) atoms. The van der Waals surface area contributed by atoms with Crippen molar-refractivity contribution in [2.24, 2.45) is 0 Å². The molecule has 0 atom stereocenters. The zero-order chi connectivity index (χ0) is 9.68. The summed E-state index contributed by atoms with van der Waals surface area (Å²) in [5, 5.41) is 0. The first-order valence-corrected chi connectivity index (χ1v) is 3.79. The maximum absolute atomic E-state index is 5.05. The van der Waals surface area contributed by atoms with Crippen LogP contribution >= 0.6 is 0 Å². The van der Waals surface area contributed by atoms with Crippen LogP contribution in [0, 0.1) is 6.07 Å². The molecule has 0 aliphatic rings. The Hall–Kier alpha value is -1.13. The molecule has 1 rings (SSSR count). The standard InChI is InChI=1S/C9H12NO3/c1-11-7-5-4-6-10-8(7)9(12-2)13-3/h4,6,9H,1-3H3. The van der Waals surface area contributed by atoms with Gasteiger partial charge in [0.15, 0.2) is 5.75 Å². The summed E-state index contributed by atoms with van der Waals surface area (Å²) in [6.07, 6.45) is 1.11. The van der Waals surface area contributed by atoms with Crippen molar-refractivity contribution >= 4 is 0 Å². The molecule has 0 aliphatic carbocycles. The average Bonchev–Trinajstić information content (AvgIpc) is 2.20. The Kier molecular flexibility index (Phi) is 3.67. The molecule has 1 aromatic heterocycles. The first-order valence-electron chi connectivity index (χ1n) is 3.79. The summed E-state index contributed by atoms with van der Waals surface area (Å²) in [6.45, 7) is 0. The van der Waals surface area contributed by atoms with Crippen molar-refractivity contribution < 1.29 is 14.2 Å². The zero-order valence-corrected chi connectivity index (χ0v) is 7.90. The normalized spacial score (nSPS) is 10.5. The Morgan fingerprint density at radius 3 is 2.54 bits per heavy atom. The maximum Gasteiger partial charge on any atom is 0.204 e. The van der Waals surface area contributed by atoms with E-state index >= 15 is 0 Å². The predicted octanol–water partition coefficient (Wildman–Crippen LogP) is 1.18. The number of nitrogens with zero attached hydrogens (tertiary/aromatic N) is 1. The largest absolute Gasteiger partial charge is 0.494 e. The van der Waals surface area contributed by atoms with E-state index in [-0.39, 0.29) is 0 Å². The van der Waals surface area contributed by atoms with Crippen molar-refractivity contribution in [3.05, 3.63) is 24.0 Å². The smallest absolute Gasteiger partial charge is 0.204 e. The lowest BCUT2D eigenvalue weighted by molar-refractivity contribution is -0.109. The molecular formula is C9H12NO3. The van der Waals surface area contributed by atoms with Gasteiger partial charge in [-0.1, -0.05) is 0 Å². The topological polar surface area (TPSA) is 40.6 Å². The van der Waals surface area contributed by atoms with Gasteiger partial charge in [-0.2, -0.15) is 0 Å². The first-order chi connectivity index (χ1) is 6.33. The average molecular weight is 182 g/mol. The van der Waals surface area contributed by atoms with Crippen LogP contribution in [0.25, 0.3) is 0 Å². The molecular weight excluding hydrogens is 170 g/mol. The quantitative estimate of drug-likeness (QED) is 0.655. The molecule has 4 heteroatoms. The number of aromatic nitrogens is 1. The van der Waals surface area contributed by atoms with E-state index in [0.29, 0.717) is 11.4 Å². The molecule has 0 fully saturated rings. The third-order valence-electron chi connectivity index (χ3n) is 1.59. The fraction of sp³-hybridized carbons (Fsp3) is 0.444. The Balaban J connectivity index is 2.96. The third kappa shape index (κ3) is 2.17. The summed E-state index contributed by atoms with van der Waals surface area (Å²) in [6, 6.07) is 4.56. The molecule has 1 aromatic rings. The molecule has 4 nitrogen and oxygen atoms in total. The number of ether oxygens (including phenoxy) is 3. The van der Waals surface area contributed by atoms with Crippen molar-refractivity contribution in [1.29, 1.82) is 0 Å². The van der Waals surface area contributed by atoms with Crippen LogP contribution in [0.3, 0.4) is 0 Å². The number of rotatable bonds is 4. The highest BCUT2D eigenvalue weighted by molar-refractivity contribution is 5.26. The third-order valence-corrected chi connectivity index (χ3v) is 1.59. The van der Waals surface area contributed by atoms with E-state index in [2.05, 4.69) is 11.1 Å². The minimum Gasteiger partial charge on any atom is -0.494 e. The van der Waals surface area contributed by atoms with Gasteiger partial charge in [-0.05, 0) is 6.07 Å². The highest BCUT2D eigenvalue weighted by Gasteiger charge is 2.15. The Labute approximate surface area is 77.5 Å². The molecule has 71 valence electrons. The molecule has 0 spiro atoms. The van der Waals surface area contributed by atoms with Gasteiger partial charge in [-0.25, -0.2) is 0 Å². The van der Waals surface area contributed by atoms with E-state index in [1.807, 2.05) is 0 Å². The summed E-state index contributed by atoms with van der Waals surface area (Å²) >= 11 is 0. The minimum atomic E-state index is -0.507. The number of hydrogen-bond acceptors (Lipinski definition) is 4. The second-order valence-electron chi connectivity index (χ2n) is 2.31. The van der Waals surface area contributed by atoms with Crippen LogP contribution in [0.1, 0.15) is 12.0 Å². The second kappa shape index (κ2) is 4.79. The van der Waals surface area contributed by atoms with Crippen molar-refractivity contribution in [2.75, 3.05) is 21.3 Å². The van der Waals surface area contributed by atoms with Crippen molar-refractivity contribution in [3.63, 3.8) is 0 Å². The second-order valence-corrected chi connectivity index (χ2v) is 2.31. The maximum atomic E-state index is 5.05. The zero-order valence-electron chi connectivity index (χ0n) is 7.90. The van der Waals surface area contributed by atoms with Crippen LogP contribution in [0.2, 0.25) is 0 Å². The van der Waals surface area contributed by atoms with E-state index in [1.54, 1.807) is 33.6 Å². The summed E-state index contributed by atoms with van der Waals surface area (Å²) in [4.78, 5) is 4.09. The van der Waals surface area contributed by atoms with Crippen molar-refractivity contribution in [3.8, 4) is 5.75 Å². The number of methoxy groups -OCH3 is 3. The number of pyridine rings is 1. The Morgan fingerprint density at radius 2 is 2.00 bits per heavy atom. The Morgan fingerprint density at radius 1 is 1.31 bits per heavy atom. The molecule has 0 saturated heterocycles. The molecule has 0 aliphatic heterocycles. The summed E-state index contributed by atoms with van der Waals surface area (Å²) < 4.78 is 15.1. The van der Waals surface area contributed by atoms with Gasteiger partial charge in [0, 0.05) is 26.5 Å². The molecule has 0 N–H and O–H groups in total. The predicted molar refractivity (Wildman–Crippen MR) is 46.4 cm³/mol. The van der Waals surface area contributed by atoms with Gasteiger partial charge >= 0.3 is 0 Å². The van der Waals surface area contributed by atoms with Crippen molar-refractivity contribution in [2.45, 2.75) is 6.29 Å². The molecule has 1 heterocycles. The highest BCUT2D eigenvalue weighted by atomic mass is 16.7. The van der Waals surface area contributed by atoms with Crippen LogP contribution in [0.4, 0.5) is 0 Å². The van der Waals surface area contributed by atoms with Crippen LogP contribution in [-0.2, 0) is 9.47 Å². The van der Waals surface area contributed by atoms with Gasteiger partial charge in [-0.15, -0.1) is 0 Å². The Bertz CT molecular complexity index is 261. The van der Waals surface area contributed by atoms with Gasteiger partial charge < -0.3 is 14.2 Å². The molecule has 0 bridgehead atoms. The number of hydrogen-bond donors (Lipinski definition) is 0. The lowest BCUT2D eigenvalue weighted by Gasteiger charge is -2.14. The summed E-state index contributed by atoms with van der Waals surface area (Å²) in [5.74, 6) is 0.538. The van der Waals surface area contributed by atoms with E-state index in [9.17, 15) is 0 Å². The molecule has 0 amide bonds. The van der Waals surface area contributed by atoms with Gasteiger partial charge in [0.1, 0.15) is 5.69 Å². The van der Waals surface area contributed by atoms with Crippen molar-refractivity contribution in [1.82, 2.24) is 4.98 Å². The SMILES string of the molecule is COc1[c]ccnc1C(OC)OC. The van der Waals surface area contributed by atoms with E-state index < -0.39 is 6.29 Å². The van der Waals surface area contributed by atoms with Gasteiger partial charge in [0.25, 0.3) is 0 Å². The fourth-order valence-corrected chi connectivity index (χ4v) is 1.01. The molecule has 1 radical (unpaired) electrons. The van der Waals surface area contributed by atoms with Gasteiger partial charge in [-0.3, -0.25) is 4.98 Å². The van der Waals surface area contributed by atoms with Crippen LogP contribution < -0.4 is 4.74 Å². The van der Waals surface area contributed by atoms with E-state index in [1.165, 1.54) is 0 Å². The molecule has 0 unspecified atom stereocenters. The van der Waals surface area contributed by atoms with Gasteiger partial charge in [0.05, 0.1) is 7.11 Å². The lowest BCUT2D eigenvalue weighted by Crippen LogP contribution is -2.07. The van der Waals surface area contributed by atoms with Crippen LogP contribution in [0.15, 0.2) is 12.3 Å². The van der Waals surface area contributed by atoms with Crippen LogP contribution in [-0.4, -0.2) is 26.3 Å². The van der Waals surface area contributed by atoms with E-state index in [4.69, 9.17) is 14.2 Å². The highest BCUT2D eigenvalue weighted by Crippen LogP contribution is 2.23. The lowest BCUT2D eigenvalue weighted by atomic mass is 10.3. The molecule has 0 saturated carbocycles. The minimum absolute atomic E-state index is 0.507. The van der Waals surface area contributed by atoms with Gasteiger partial charge in [0.2, 0.25) is 6.29 Å². The molecule has 0 aromatic carbocycles. The fourth-order valence-electron chi connectivity index (χ4n) is 1.01. The summed E-state index contributed by atoms with van der Waals surface area (Å²) in [5.41, 5.74) is 0.593. The summed E-state index contributed by atoms with van der Waals surface area (Å²) in [7, 11) is 4.64. The first kappa shape index (κ1) is 9.95. The monoisotopic (exact) mass is 182 g/mol. The van der Waals surface area contributed by atoms with E-state index in [0.717, 1.165) is 0 Å². The van der Waals surface area contributed by atoms with Crippen LogP contribution in [0.5, 0.6) is 5.75 Å².